The fourth-order valence-electron chi connectivity index (χ4n) is 2.82. The second-order valence-corrected chi connectivity index (χ2v) is 5.31. The molecule has 0 spiro atoms. The first-order valence-electron chi connectivity index (χ1n) is 6.52. The van der Waals surface area contributed by atoms with E-state index in [1.807, 2.05) is 12.4 Å². The second-order valence-electron chi connectivity index (χ2n) is 5.31. The van der Waals surface area contributed by atoms with E-state index in [1.165, 1.54) is 6.42 Å². The lowest BCUT2D eigenvalue weighted by Gasteiger charge is -2.07. The summed E-state index contributed by atoms with van der Waals surface area (Å²) in [6, 6.07) is 3.34. The van der Waals surface area contributed by atoms with Gasteiger partial charge in [0.2, 0.25) is 0 Å². The number of carbonyl (C=O) groups is 1. The highest BCUT2D eigenvalue weighted by molar-refractivity contribution is 5.94. The molecule has 1 atom stereocenters. The van der Waals surface area contributed by atoms with E-state index in [0.29, 0.717) is 11.6 Å². The van der Waals surface area contributed by atoms with Crippen molar-refractivity contribution in [2.75, 3.05) is 20.1 Å². The predicted octanol–water partition coefficient (Wildman–Crippen LogP) is 1.53. The molecule has 0 amide bonds. The number of hydrogen-bond acceptors (Lipinski definition) is 3. The van der Waals surface area contributed by atoms with Crippen LogP contribution >= 0.6 is 0 Å². The number of nitrogens with zero attached hydrogens (tertiary/aromatic N) is 3. The molecule has 1 aliphatic heterocycles. The second kappa shape index (κ2) is 4.66. The lowest BCUT2D eigenvalue weighted by Crippen LogP contribution is -2.15. The van der Waals surface area contributed by atoms with Crippen LogP contribution in [0, 0.1) is 5.92 Å². The molecule has 1 N–H and O–H groups in total. The third-order valence-corrected chi connectivity index (χ3v) is 3.75. The Kier molecular flexibility index (Phi) is 2.98. The monoisotopic (exact) mass is 259 g/mol. The number of aromatic carboxylic acids is 1. The molecule has 0 bridgehead atoms. The molecule has 0 aromatic carbocycles. The van der Waals surface area contributed by atoms with E-state index in [2.05, 4.69) is 16.9 Å². The molecule has 100 valence electrons. The Morgan fingerprint density at radius 1 is 1.58 bits per heavy atom. The molecule has 2 aromatic heterocycles. The third kappa shape index (κ3) is 2.33. The SMILES string of the molecule is CN1CCC(Cc2cn3cccc(C(=O)O)c3n2)C1. The van der Waals surface area contributed by atoms with E-state index in [0.717, 1.165) is 25.2 Å². The molecule has 2 aromatic rings. The number of hydrogen-bond donors (Lipinski definition) is 1. The van der Waals surface area contributed by atoms with Gasteiger partial charge >= 0.3 is 5.97 Å². The Hall–Kier alpha value is -1.88. The molecule has 19 heavy (non-hydrogen) atoms. The Labute approximate surface area is 111 Å². The molecular formula is C14H17N3O2. The third-order valence-electron chi connectivity index (χ3n) is 3.75. The van der Waals surface area contributed by atoms with Gasteiger partial charge in [0.1, 0.15) is 5.56 Å². The van der Waals surface area contributed by atoms with Crippen LogP contribution < -0.4 is 0 Å². The quantitative estimate of drug-likeness (QED) is 0.908. The van der Waals surface area contributed by atoms with Crippen molar-refractivity contribution in [3.05, 3.63) is 35.8 Å². The molecule has 1 unspecified atom stereocenters. The highest BCUT2D eigenvalue weighted by Gasteiger charge is 2.21. The summed E-state index contributed by atoms with van der Waals surface area (Å²) in [7, 11) is 2.13. The van der Waals surface area contributed by atoms with Crippen molar-refractivity contribution in [1.29, 1.82) is 0 Å². The van der Waals surface area contributed by atoms with E-state index in [9.17, 15) is 4.79 Å². The van der Waals surface area contributed by atoms with E-state index in [-0.39, 0.29) is 5.56 Å². The van der Waals surface area contributed by atoms with Crippen LogP contribution in [-0.4, -0.2) is 45.5 Å². The first kappa shape index (κ1) is 12.2. The van der Waals surface area contributed by atoms with Gasteiger partial charge in [0.05, 0.1) is 5.69 Å². The number of aromatic nitrogens is 2. The zero-order chi connectivity index (χ0) is 13.4. The van der Waals surface area contributed by atoms with Crippen molar-refractivity contribution in [3.63, 3.8) is 0 Å². The summed E-state index contributed by atoms with van der Waals surface area (Å²) in [6.07, 6.45) is 5.90. The molecule has 3 rings (SSSR count). The molecule has 5 heteroatoms. The summed E-state index contributed by atoms with van der Waals surface area (Å²) >= 11 is 0. The van der Waals surface area contributed by atoms with Crippen LogP contribution in [0.4, 0.5) is 0 Å². The van der Waals surface area contributed by atoms with Crippen molar-refractivity contribution in [1.82, 2.24) is 14.3 Å². The highest BCUT2D eigenvalue weighted by Crippen LogP contribution is 2.20. The molecule has 0 radical (unpaired) electrons. The van der Waals surface area contributed by atoms with Crippen LogP contribution in [0.5, 0.6) is 0 Å². The van der Waals surface area contributed by atoms with Crippen molar-refractivity contribution < 1.29 is 9.90 Å². The van der Waals surface area contributed by atoms with Gasteiger partial charge < -0.3 is 14.4 Å². The minimum atomic E-state index is -0.927. The maximum Gasteiger partial charge on any atom is 0.339 e. The Bertz CT molecular complexity index is 620. The first-order chi connectivity index (χ1) is 9.13. The Morgan fingerprint density at radius 3 is 3.11 bits per heavy atom. The van der Waals surface area contributed by atoms with Crippen LogP contribution in [-0.2, 0) is 6.42 Å². The molecule has 3 heterocycles. The Morgan fingerprint density at radius 2 is 2.42 bits per heavy atom. The van der Waals surface area contributed by atoms with Crippen molar-refractivity contribution >= 4 is 11.6 Å². The summed E-state index contributed by atoms with van der Waals surface area (Å²) in [6.45, 7) is 2.23. The zero-order valence-electron chi connectivity index (χ0n) is 10.9. The minimum absolute atomic E-state index is 0.261. The van der Waals surface area contributed by atoms with Crippen molar-refractivity contribution in [3.8, 4) is 0 Å². The average molecular weight is 259 g/mol. The number of rotatable bonds is 3. The van der Waals surface area contributed by atoms with Crippen LogP contribution in [0.2, 0.25) is 0 Å². The maximum atomic E-state index is 11.2. The molecule has 5 nitrogen and oxygen atoms in total. The zero-order valence-corrected chi connectivity index (χ0v) is 10.9. The first-order valence-corrected chi connectivity index (χ1v) is 6.52. The van der Waals surface area contributed by atoms with E-state index in [4.69, 9.17) is 5.11 Å². The summed E-state index contributed by atoms with van der Waals surface area (Å²) in [5.41, 5.74) is 1.78. The molecular weight excluding hydrogens is 242 g/mol. The molecule has 1 fully saturated rings. The fourth-order valence-corrected chi connectivity index (χ4v) is 2.82. The molecule has 1 saturated heterocycles. The highest BCUT2D eigenvalue weighted by atomic mass is 16.4. The van der Waals surface area contributed by atoms with Gasteiger partial charge in [-0.3, -0.25) is 0 Å². The van der Waals surface area contributed by atoms with E-state index < -0.39 is 5.97 Å². The normalized spacial score (nSPS) is 20.2. The molecule has 0 saturated carbocycles. The fraction of sp³-hybridized carbons (Fsp3) is 0.429. The number of carboxylic acids is 1. The number of pyridine rings is 1. The van der Waals surface area contributed by atoms with Gasteiger partial charge in [-0.05, 0) is 44.5 Å². The summed E-state index contributed by atoms with van der Waals surface area (Å²) in [5, 5.41) is 9.15. The topological polar surface area (TPSA) is 57.8 Å². The van der Waals surface area contributed by atoms with E-state index >= 15 is 0 Å². The molecule has 0 aliphatic carbocycles. The smallest absolute Gasteiger partial charge is 0.339 e. The number of carboxylic acid groups (broad SMARTS) is 1. The van der Waals surface area contributed by atoms with Gasteiger partial charge in [0.25, 0.3) is 0 Å². The lowest BCUT2D eigenvalue weighted by molar-refractivity contribution is 0.0698. The molecule has 1 aliphatic rings. The van der Waals surface area contributed by atoms with Gasteiger partial charge in [-0.1, -0.05) is 0 Å². The number of imidazole rings is 1. The van der Waals surface area contributed by atoms with Crippen LogP contribution in [0.15, 0.2) is 24.5 Å². The van der Waals surface area contributed by atoms with Crippen LogP contribution in [0.1, 0.15) is 22.5 Å². The summed E-state index contributed by atoms with van der Waals surface area (Å²) in [4.78, 5) is 18.0. The van der Waals surface area contributed by atoms with Gasteiger partial charge in [0.15, 0.2) is 5.65 Å². The maximum absolute atomic E-state index is 11.2. The predicted molar refractivity (Wildman–Crippen MR) is 71.5 cm³/mol. The summed E-state index contributed by atoms with van der Waals surface area (Å²) < 4.78 is 1.80. The standard InChI is InChI=1S/C14H17N3O2/c1-16-6-4-10(8-16)7-11-9-17-5-2-3-12(14(18)19)13(17)15-11/h2-3,5,9-10H,4,6-8H2,1H3,(H,18,19). The number of likely N-dealkylation sites (tertiary alicyclic amines) is 1. The van der Waals surface area contributed by atoms with Crippen molar-refractivity contribution in [2.24, 2.45) is 5.92 Å². The number of fused-ring (bicyclic) bond motifs is 1. The van der Waals surface area contributed by atoms with Gasteiger partial charge in [-0.25, -0.2) is 9.78 Å². The minimum Gasteiger partial charge on any atom is -0.478 e. The summed E-state index contributed by atoms with van der Waals surface area (Å²) in [5.74, 6) is -0.299. The lowest BCUT2D eigenvalue weighted by atomic mass is 10.0. The average Bonchev–Trinajstić information content (AvgIpc) is 2.94. The van der Waals surface area contributed by atoms with Crippen LogP contribution in [0.25, 0.3) is 5.65 Å². The van der Waals surface area contributed by atoms with Crippen molar-refractivity contribution in [2.45, 2.75) is 12.8 Å². The van der Waals surface area contributed by atoms with Gasteiger partial charge in [-0.2, -0.15) is 0 Å². The van der Waals surface area contributed by atoms with Gasteiger partial charge in [0, 0.05) is 18.9 Å². The Balaban J connectivity index is 1.89. The van der Waals surface area contributed by atoms with Crippen LogP contribution in [0.3, 0.4) is 0 Å². The van der Waals surface area contributed by atoms with E-state index in [1.54, 1.807) is 16.5 Å². The largest absolute Gasteiger partial charge is 0.478 e. The van der Waals surface area contributed by atoms with Gasteiger partial charge in [-0.15, -0.1) is 0 Å².